The molecule has 23 heavy (non-hydrogen) atoms. The Labute approximate surface area is 140 Å². The van der Waals surface area contributed by atoms with Crippen molar-refractivity contribution in [2.75, 3.05) is 45.2 Å². The molecule has 0 aromatic carbocycles. The highest BCUT2D eigenvalue weighted by Crippen LogP contribution is 2.24. The minimum atomic E-state index is -2.96. The maximum Gasteiger partial charge on any atom is 0.317 e. The molecule has 1 saturated heterocycles. The summed E-state index contributed by atoms with van der Waals surface area (Å²) in [6, 6.07) is -0.319. The molecule has 1 heterocycles. The molecule has 1 unspecified atom stereocenters. The molecule has 1 atom stereocenters. The van der Waals surface area contributed by atoms with Gasteiger partial charge in [-0.1, -0.05) is 19.3 Å². The Morgan fingerprint density at radius 1 is 1.09 bits per heavy atom. The van der Waals surface area contributed by atoms with Crippen molar-refractivity contribution in [2.24, 2.45) is 5.92 Å². The predicted molar refractivity (Wildman–Crippen MR) is 92.3 cm³/mol. The van der Waals surface area contributed by atoms with Gasteiger partial charge in [0.1, 0.15) is 0 Å². The summed E-state index contributed by atoms with van der Waals surface area (Å²) < 4.78 is 23.1. The standard InChI is InChI=1S/C16H31N3O3S/c1-18(2)9-10-19(12-14-6-4-3-5-7-14)16(20)17-15-8-11-23(21,22)13-15/h14-15H,3-13H2,1-2H3,(H,17,20). The smallest absolute Gasteiger partial charge is 0.317 e. The van der Waals surface area contributed by atoms with Crippen LogP contribution in [-0.4, -0.2) is 75.5 Å². The molecule has 7 heteroatoms. The van der Waals surface area contributed by atoms with E-state index in [0.717, 1.165) is 13.1 Å². The lowest BCUT2D eigenvalue weighted by Gasteiger charge is -2.31. The fourth-order valence-corrected chi connectivity index (χ4v) is 5.13. The van der Waals surface area contributed by atoms with Crippen LogP contribution < -0.4 is 5.32 Å². The van der Waals surface area contributed by atoms with Gasteiger partial charge < -0.3 is 15.1 Å². The Bertz CT molecular complexity index is 487. The number of carbonyl (C=O) groups excluding carboxylic acids is 1. The van der Waals surface area contributed by atoms with E-state index < -0.39 is 9.84 Å². The van der Waals surface area contributed by atoms with Gasteiger partial charge in [0.15, 0.2) is 9.84 Å². The van der Waals surface area contributed by atoms with Crippen molar-refractivity contribution < 1.29 is 13.2 Å². The van der Waals surface area contributed by atoms with E-state index in [-0.39, 0.29) is 23.6 Å². The number of likely N-dealkylation sites (N-methyl/N-ethyl adjacent to an activating group) is 1. The summed E-state index contributed by atoms with van der Waals surface area (Å²) in [6.45, 7) is 2.30. The first-order chi connectivity index (χ1) is 10.9. The average Bonchev–Trinajstić information content (AvgIpc) is 2.83. The molecule has 2 aliphatic rings. The van der Waals surface area contributed by atoms with Gasteiger partial charge in [0, 0.05) is 25.7 Å². The zero-order valence-corrected chi connectivity index (χ0v) is 15.3. The lowest BCUT2D eigenvalue weighted by molar-refractivity contribution is 0.169. The summed E-state index contributed by atoms with van der Waals surface area (Å²) >= 11 is 0. The second-order valence-electron chi connectivity index (χ2n) is 7.30. The van der Waals surface area contributed by atoms with Gasteiger partial charge in [-0.3, -0.25) is 0 Å². The maximum atomic E-state index is 12.6. The first-order valence-electron chi connectivity index (χ1n) is 8.76. The van der Waals surface area contributed by atoms with E-state index >= 15 is 0 Å². The van der Waals surface area contributed by atoms with Crippen molar-refractivity contribution in [3.05, 3.63) is 0 Å². The third kappa shape index (κ3) is 6.30. The van der Waals surface area contributed by atoms with Gasteiger partial charge in [-0.25, -0.2) is 13.2 Å². The fraction of sp³-hybridized carbons (Fsp3) is 0.938. The zero-order chi connectivity index (χ0) is 16.9. The van der Waals surface area contributed by atoms with Crippen molar-refractivity contribution in [1.29, 1.82) is 0 Å². The highest BCUT2D eigenvalue weighted by Gasteiger charge is 2.30. The number of carbonyl (C=O) groups is 1. The van der Waals surface area contributed by atoms with Crippen LogP contribution in [0.4, 0.5) is 4.79 Å². The van der Waals surface area contributed by atoms with Crippen LogP contribution in [0.2, 0.25) is 0 Å². The van der Waals surface area contributed by atoms with Gasteiger partial charge in [0.05, 0.1) is 11.5 Å². The summed E-state index contributed by atoms with van der Waals surface area (Å²) in [7, 11) is 1.04. The number of hydrogen-bond acceptors (Lipinski definition) is 4. The highest BCUT2D eigenvalue weighted by molar-refractivity contribution is 7.91. The van der Waals surface area contributed by atoms with Gasteiger partial charge >= 0.3 is 6.03 Å². The number of rotatable bonds is 6. The van der Waals surface area contributed by atoms with Gasteiger partial charge in [-0.15, -0.1) is 0 Å². The summed E-state index contributed by atoms with van der Waals surface area (Å²) in [5.41, 5.74) is 0. The Hall–Kier alpha value is -0.820. The van der Waals surface area contributed by atoms with Gasteiger partial charge in [0.2, 0.25) is 0 Å². The molecule has 0 spiro atoms. The third-order valence-corrected chi connectivity index (χ3v) is 6.64. The summed E-state index contributed by atoms with van der Waals surface area (Å²) in [4.78, 5) is 16.6. The molecule has 0 bridgehead atoms. The van der Waals surface area contributed by atoms with Crippen LogP contribution in [0.1, 0.15) is 38.5 Å². The lowest BCUT2D eigenvalue weighted by Crippen LogP contribution is -2.49. The molecular weight excluding hydrogens is 314 g/mol. The lowest BCUT2D eigenvalue weighted by atomic mass is 9.89. The molecule has 1 saturated carbocycles. The molecule has 1 N–H and O–H groups in total. The van der Waals surface area contributed by atoms with Crippen LogP contribution in [0.25, 0.3) is 0 Å². The topological polar surface area (TPSA) is 69.7 Å². The van der Waals surface area contributed by atoms with Gasteiger partial charge in [0.25, 0.3) is 0 Å². The quantitative estimate of drug-likeness (QED) is 0.788. The van der Waals surface area contributed by atoms with Crippen LogP contribution in [0.5, 0.6) is 0 Å². The number of hydrogen-bond donors (Lipinski definition) is 1. The number of sulfone groups is 1. The Kier molecular flexibility index (Phi) is 6.71. The van der Waals surface area contributed by atoms with E-state index in [0.29, 0.717) is 18.9 Å². The van der Waals surface area contributed by atoms with E-state index in [1.807, 2.05) is 19.0 Å². The molecule has 134 valence electrons. The van der Waals surface area contributed by atoms with Crippen molar-refractivity contribution in [1.82, 2.24) is 15.1 Å². The van der Waals surface area contributed by atoms with Gasteiger partial charge in [-0.2, -0.15) is 0 Å². The molecule has 6 nitrogen and oxygen atoms in total. The summed E-state index contributed by atoms with van der Waals surface area (Å²) in [6.07, 6.45) is 6.76. The van der Waals surface area contributed by atoms with Crippen LogP contribution in [-0.2, 0) is 9.84 Å². The number of nitrogens with zero attached hydrogens (tertiary/aromatic N) is 2. The average molecular weight is 346 g/mol. The van der Waals surface area contributed by atoms with Crippen LogP contribution in [0.15, 0.2) is 0 Å². The van der Waals surface area contributed by atoms with E-state index in [9.17, 15) is 13.2 Å². The molecule has 1 aliphatic carbocycles. The molecule has 0 aromatic heterocycles. The van der Waals surface area contributed by atoms with Crippen LogP contribution >= 0.6 is 0 Å². The minimum Gasteiger partial charge on any atom is -0.334 e. The van der Waals surface area contributed by atoms with Gasteiger partial charge in [-0.05, 0) is 39.3 Å². The number of nitrogens with one attached hydrogen (secondary N) is 1. The largest absolute Gasteiger partial charge is 0.334 e. The first kappa shape index (κ1) is 18.5. The second kappa shape index (κ2) is 8.33. The third-order valence-electron chi connectivity index (χ3n) is 4.87. The van der Waals surface area contributed by atoms with Crippen LogP contribution in [0, 0.1) is 5.92 Å². The Balaban J connectivity index is 1.90. The summed E-state index contributed by atoms with van der Waals surface area (Å²) in [5, 5.41) is 2.94. The van der Waals surface area contributed by atoms with Crippen molar-refractivity contribution in [3.8, 4) is 0 Å². The monoisotopic (exact) mass is 345 g/mol. The van der Waals surface area contributed by atoms with Crippen molar-refractivity contribution >= 4 is 15.9 Å². The Morgan fingerprint density at radius 3 is 2.35 bits per heavy atom. The Morgan fingerprint density at radius 2 is 1.78 bits per heavy atom. The van der Waals surface area contributed by atoms with E-state index in [2.05, 4.69) is 10.2 Å². The SMILES string of the molecule is CN(C)CCN(CC1CCCCC1)C(=O)NC1CCS(=O)(=O)C1. The first-order valence-corrected chi connectivity index (χ1v) is 10.6. The predicted octanol–water partition coefficient (Wildman–Crippen LogP) is 1.33. The number of urea groups is 1. The minimum absolute atomic E-state index is 0.0870. The highest BCUT2D eigenvalue weighted by atomic mass is 32.2. The van der Waals surface area contributed by atoms with Crippen molar-refractivity contribution in [2.45, 2.75) is 44.6 Å². The fourth-order valence-electron chi connectivity index (χ4n) is 3.45. The molecule has 2 rings (SSSR count). The maximum absolute atomic E-state index is 12.6. The normalized spacial score (nSPS) is 24.7. The summed E-state index contributed by atoms with van der Waals surface area (Å²) in [5.74, 6) is 0.867. The molecule has 1 aliphatic heterocycles. The zero-order valence-electron chi connectivity index (χ0n) is 14.5. The van der Waals surface area contributed by atoms with E-state index in [1.54, 1.807) is 0 Å². The van der Waals surface area contributed by atoms with E-state index in [1.165, 1.54) is 32.1 Å². The molecule has 0 radical (unpaired) electrons. The molecule has 0 aromatic rings. The van der Waals surface area contributed by atoms with E-state index in [4.69, 9.17) is 0 Å². The van der Waals surface area contributed by atoms with Crippen LogP contribution in [0.3, 0.4) is 0 Å². The molecular formula is C16H31N3O3S. The van der Waals surface area contributed by atoms with Crippen molar-refractivity contribution in [3.63, 3.8) is 0 Å². The number of amides is 2. The molecule has 2 fully saturated rings. The second-order valence-corrected chi connectivity index (χ2v) is 9.53. The molecule has 2 amide bonds.